The number of nitrogens with one attached hydrogen (secondary N) is 2. The number of rotatable bonds is 21. The van der Waals surface area contributed by atoms with Crippen LogP contribution in [0.4, 0.5) is 4.79 Å². The third-order valence-corrected chi connectivity index (χ3v) is 9.47. The molecule has 3 amide bonds. The van der Waals surface area contributed by atoms with Crippen LogP contribution >= 0.6 is 0 Å². The van der Waals surface area contributed by atoms with Crippen LogP contribution in [0.2, 0.25) is 0 Å². The summed E-state index contributed by atoms with van der Waals surface area (Å²) < 4.78 is 11.1. The van der Waals surface area contributed by atoms with Gasteiger partial charge in [0.05, 0.1) is 30.5 Å². The number of esters is 1. The number of aliphatic hydroxyl groups is 1. The number of carbonyl (C=O) groups is 4. The van der Waals surface area contributed by atoms with Crippen molar-refractivity contribution in [3.05, 3.63) is 132 Å². The molecule has 282 valence electrons. The first-order chi connectivity index (χ1) is 25.8. The van der Waals surface area contributed by atoms with Crippen LogP contribution < -0.4 is 10.6 Å². The Bertz CT molecular complexity index is 1630. The Hall–Kier alpha value is -5.22. The second kappa shape index (κ2) is 22.0. The number of ether oxygens (including phenoxy) is 2. The number of allylic oxidation sites excluding steroid dienone is 2. The predicted molar refractivity (Wildman–Crippen MR) is 204 cm³/mol. The summed E-state index contributed by atoms with van der Waals surface area (Å²) in [6, 6.07) is 26.1. The maximum absolute atomic E-state index is 13.8. The van der Waals surface area contributed by atoms with E-state index in [2.05, 4.69) is 23.8 Å². The van der Waals surface area contributed by atoms with Gasteiger partial charge in [-0.15, -0.1) is 13.2 Å². The number of alkyl carbamates (subject to hydrolysis) is 1. The van der Waals surface area contributed by atoms with E-state index in [1.54, 1.807) is 17.1 Å². The highest BCUT2D eigenvalue weighted by Crippen LogP contribution is 2.25. The van der Waals surface area contributed by atoms with E-state index in [0.717, 1.165) is 22.3 Å². The number of amides is 3. The molecule has 0 bridgehead atoms. The van der Waals surface area contributed by atoms with E-state index < -0.39 is 24.0 Å². The number of benzene rings is 3. The minimum atomic E-state index is -0.706. The van der Waals surface area contributed by atoms with Crippen LogP contribution in [0.25, 0.3) is 0 Å². The van der Waals surface area contributed by atoms with Gasteiger partial charge in [0.15, 0.2) is 0 Å². The number of aliphatic hydroxyl groups excluding tert-OH is 1. The van der Waals surface area contributed by atoms with Crippen LogP contribution in [0.5, 0.6) is 0 Å². The maximum Gasteiger partial charge on any atom is 0.407 e. The van der Waals surface area contributed by atoms with Crippen molar-refractivity contribution in [2.45, 2.75) is 76.6 Å². The van der Waals surface area contributed by atoms with Crippen LogP contribution in [-0.4, -0.2) is 65.7 Å². The summed E-state index contributed by atoms with van der Waals surface area (Å²) >= 11 is 0. The Labute approximate surface area is 313 Å². The first kappa shape index (κ1) is 40.5. The van der Waals surface area contributed by atoms with Gasteiger partial charge < -0.3 is 30.1 Å². The summed E-state index contributed by atoms with van der Waals surface area (Å²) in [5.74, 6) is -2.08. The summed E-state index contributed by atoms with van der Waals surface area (Å²) in [5, 5.41) is 15.9. The molecule has 53 heavy (non-hydrogen) atoms. The molecule has 1 heterocycles. The number of unbranched alkanes of at least 4 members (excludes halogenated alkanes) is 1. The summed E-state index contributed by atoms with van der Waals surface area (Å²) in [5.41, 5.74) is 4.03. The molecule has 4 atom stereocenters. The fourth-order valence-electron chi connectivity index (χ4n) is 6.51. The van der Waals surface area contributed by atoms with E-state index >= 15 is 0 Å². The minimum Gasteiger partial charge on any atom is -0.463 e. The molecule has 0 unspecified atom stereocenters. The average Bonchev–Trinajstić information content (AvgIpc) is 3.18. The van der Waals surface area contributed by atoms with E-state index in [1.807, 2.05) is 84.9 Å². The van der Waals surface area contributed by atoms with Crippen LogP contribution in [0.3, 0.4) is 0 Å². The molecule has 1 aliphatic rings. The van der Waals surface area contributed by atoms with Crippen LogP contribution in [0.15, 0.2) is 110 Å². The van der Waals surface area contributed by atoms with E-state index in [4.69, 9.17) is 9.47 Å². The molecule has 4 rings (SSSR count). The first-order valence-corrected chi connectivity index (χ1v) is 18.5. The zero-order valence-electron chi connectivity index (χ0n) is 30.5. The van der Waals surface area contributed by atoms with Gasteiger partial charge in [-0.2, -0.15) is 0 Å². The molecule has 0 fully saturated rings. The summed E-state index contributed by atoms with van der Waals surface area (Å²) in [4.78, 5) is 54.6. The Morgan fingerprint density at radius 1 is 0.830 bits per heavy atom. The number of hydrogen-bond acceptors (Lipinski definition) is 7. The zero-order chi connectivity index (χ0) is 37.8. The van der Waals surface area contributed by atoms with Crippen molar-refractivity contribution in [3.8, 4) is 0 Å². The lowest BCUT2D eigenvalue weighted by Crippen LogP contribution is -2.48. The highest BCUT2D eigenvalue weighted by molar-refractivity contribution is 5.86. The third kappa shape index (κ3) is 13.4. The summed E-state index contributed by atoms with van der Waals surface area (Å²) in [7, 11) is 0. The first-order valence-electron chi connectivity index (χ1n) is 18.5. The van der Waals surface area contributed by atoms with Crippen molar-refractivity contribution in [2.24, 2.45) is 11.8 Å². The minimum absolute atomic E-state index is 0.0518. The second-order valence-corrected chi connectivity index (χ2v) is 13.5. The van der Waals surface area contributed by atoms with Gasteiger partial charge >= 0.3 is 12.1 Å². The molecule has 3 N–H and O–H groups in total. The van der Waals surface area contributed by atoms with E-state index in [-0.39, 0.29) is 56.5 Å². The molecule has 0 saturated carbocycles. The molecular formula is C43H53N3O7. The lowest BCUT2D eigenvalue weighted by atomic mass is 9.92. The number of nitrogens with zero attached hydrogens (tertiary/aromatic N) is 1. The van der Waals surface area contributed by atoms with Gasteiger partial charge in [-0.05, 0) is 67.2 Å². The number of fused-ring (bicyclic) bond motifs is 1. The normalized spacial score (nSPS) is 15.2. The molecule has 10 heteroatoms. The third-order valence-electron chi connectivity index (χ3n) is 9.47. The van der Waals surface area contributed by atoms with Gasteiger partial charge in [0.2, 0.25) is 11.8 Å². The number of hydrogen-bond donors (Lipinski definition) is 3. The van der Waals surface area contributed by atoms with E-state index in [1.165, 1.54) is 0 Å². The molecule has 10 nitrogen and oxygen atoms in total. The SMILES string of the molecule is C=CC[C@@H](CC(=O)N1Cc2ccccc2C[C@H]1CO)C(=O)N[C@@H](CCCCNC(=O)OCc1ccccc1)COC(=O)[C@H](CC=C)Cc1ccccc1. The smallest absolute Gasteiger partial charge is 0.407 e. The van der Waals surface area contributed by atoms with Crippen molar-refractivity contribution in [3.63, 3.8) is 0 Å². The van der Waals surface area contributed by atoms with Gasteiger partial charge in [0, 0.05) is 19.5 Å². The number of carbonyl (C=O) groups excluding carboxylic acids is 4. The molecule has 0 aromatic heterocycles. The average molecular weight is 724 g/mol. The van der Waals surface area contributed by atoms with Crippen molar-refractivity contribution in [1.82, 2.24) is 15.5 Å². The lowest BCUT2D eigenvalue weighted by molar-refractivity contribution is -0.150. The molecule has 0 saturated heterocycles. The molecule has 0 spiro atoms. The summed E-state index contributed by atoms with van der Waals surface area (Å²) in [6.45, 7) is 8.31. The van der Waals surface area contributed by atoms with Gasteiger partial charge in [0.25, 0.3) is 0 Å². The van der Waals surface area contributed by atoms with Crippen LogP contribution in [0.1, 0.15) is 60.8 Å². The van der Waals surface area contributed by atoms with E-state index in [0.29, 0.717) is 51.6 Å². The molecule has 3 aromatic carbocycles. The topological polar surface area (TPSA) is 134 Å². The van der Waals surface area contributed by atoms with Crippen molar-refractivity contribution in [2.75, 3.05) is 19.8 Å². The zero-order valence-corrected chi connectivity index (χ0v) is 30.5. The molecule has 1 aliphatic heterocycles. The van der Waals surface area contributed by atoms with E-state index in [9.17, 15) is 24.3 Å². The fraction of sp³-hybridized carbons (Fsp3) is 0.395. The largest absolute Gasteiger partial charge is 0.463 e. The lowest BCUT2D eigenvalue weighted by Gasteiger charge is -2.36. The quantitative estimate of drug-likeness (QED) is 0.0690. The monoisotopic (exact) mass is 723 g/mol. The highest BCUT2D eigenvalue weighted by Gasteiger charge is 2.32. The van der Waals surface area contributed by atoms with Crippen LogP contribution in [-0.2, 0) is 49.9 Å². The van der Waals surface area contributed by atoms with Gasteiger partial charge in [-0.25, -0.2) is 4.79 Å². The fourth-order valence-corrected chi connectivity index (χ4v) is 6.51. The highest BCUT2D eigenvalue weighted by atomic mass is 16.5. The van der Waals surface area contributed by atoms with Gasteiger partial charge in [0.1, 0.15) is 13.2 Å². The Morgan fingerprint density at radius 2 is 1.47 bits per heavy atom. The Balaban J connectivity index is 1.36. The molecule has 0 radical (unpaired) electrons. The maximum atomic E-state index is 13.8. The van der Waals surface area contributed by atoms with Crippen molar-refractivity contribution in [1.29, 1.82) is 0 Å². The van der Waals surface area contributed by atoms with Crippen LogP contribution in [0, 0.1) is 11.8 Å². The molecular weight excluding hydrogens is 670 g/mol. The van der Waals surface area contributed by atoms with Gasteiger partial charge in [-0.3, -0.25) is 14.4 Å². The second-order valence-electron chi connectivity index (χ2n) is 13.5. The Morgan fingerprint density at radius 3 is 2.15 bits per heavy atom. The Kier molecular flexibility index (Phi) is 16.8. The van der Waals surface area contributed by atoms with Gasteiger partial charge in [-0.1, -0.05) is 97.1 Å². The van der Waals surface area contributed by atoms with Crippen molar-refractivity contribution >= 4 is 23.9 Å². The standard InChI is InChI=1S/C43H53N3O7/c1-3-15-35(27-40(48)46-28-37-22-12-11-21-34(37)26-39(46)29-47)41(49)45-38(23-13-14-24-44-43(51)53-30-33-19-9-6-10-20-33)31-52-42(50)36(16-4-2)25-32-17-7-5-8-18-32/h3-12,17-22,35-36,38-39,47H,1-2,13-16,23-31H2,(H,44,51)(H,45,49)/t35-,36+,38-,39-/m0/s1. The molecule has 0 aliphatic carbocycles. The summed E-state index contributed by atoms with van der Waals surface area (Å²) in [6.07, 6.45) is 6.16. The molecule has 3 aromatic rings. The predicted octanol–water partition coefficient (Wildman–Crippen LogP) is 6.07. The van der Waals surface area contributed by atoms with Crippen molar-refractivity contribution < 1.29 is 33.8 Å².